The van der Waals surface area contributed by atoms with E-state index in [1.54, 1.807) is 14.2 Å². The van der Waals surface area contributed by atoms with Crippen LogP contribution < -0.4 is 11.5 Å². The van der Waals surface area contributed by atoms with Crippen LogP contribution in [0.3, 0.4) is 0 Å². The Bertz CT molecular complexity index is 196. The van der Waals surface area contributed by atoms with Crippen LogP contribution in [0.15, 0.2) is 0 Å². The fourth-order valence-electron chi connectivity index (χ4n) is 1.94. The molecule has 0 saturated carbocycles. The highest BCUT2D eigenvalue weighted by Crippen LogP contribution is 2.07. The van der Waals surface area contributed by atoms with E-state index in [4.69, 9.17) is 30.4 Å². The first-order valence-electron chi connectivity index (χ1n) is 6.41. The van der Waals surface area contributed by atoms with E-state index < -0.39 is 0 Å². The Morgan fingerprint density at radius 2 is 1.22 bits per heavy atom. The Morgan fingerprint density at radius 3 is 1.44 bits per heavy atom. The van der Waals surface area contributed by atoms with E-state index in [0.717, 1.165) is 26.1 Å². The van der Waals surface area contributed by atoms with Crippen molar-refractivity contribution < 1.29 is 18.9 Å². The van der Waals surface area contributed by atoms with Crippen molar-refractivity contribution >= 4 is 0 Å². The molecule has 0 aromatic heterocycles. The van der Waals surface area contributed by atoms with E-state index in [2.05, 4.69) is 0 Å². The molecule has 2 rings (SSSR count). The van der Waals surface area contributed by atoms with Crippen molar-refractivity contribution in [2.75, 3.05) is 40.6 Å². The quantitative estimate of drug-likeness (QED) is 0.697. The van der Waals surface area contributed by atoms with Gasteiger partial charge in [0, 0.05) is 39.5 Å². The highest BCUT2D eigenvalue weighted by molar-refractivity contribution is 4.76. The fourth-order valence-corrected chi connectivity index (χ4v) is 1.94. The molecule has 18 heavy (non-hydrogen) atoms. The van der Waals surface area contributed by atoms with Crippen LogP contribution in [0.5, 0.6) is 0 Å². The van der Waals surface area contributed by atoms with E-state index in [1.807, 2.05) is 0 Å². The third-order valence-electron chi connectivity index (χ3n) is 3.32. The molecule has 0 aliphatic carbocycles. The van der Waals surface area contributed by atoms with Crippen LogP contribution in [0.25, 0.3) is 0 Å². The van der Waals surface area contributed by atoms with Crippen molar-refractivity contribution in [3.8, 4) is 0 Å². The van der Waals surface area contributed by atoms with Gasteiger partial charge in [0.1, 0.15) is 0 Å². The van der Waals surface area contributed by atoms with Crippen molar-refractivity contribution in [2.45, 2.75) is 37.1 Å². The number of rotatable bonds is 2. The Hall–Kier alpha value is -0.240. The van der Waals surface area contributed by atoms with E-state index in [-0.39, 0.29) is 24.3 Å². The van der Waals surface area contributed by atoms with Crippen molar-refractivity contribution in [1.82, 2.24) is 0 Å². The van der Waals surface area contributed by atoms with Gasteiger partial charge in [0.05, 0.1) is 25.4 Å². The van der Waals surface area contributed by atoms with Crippen LogP contribution >= 0.6 is 0 Å². The second-order valence-electron chi connectivity index (χ2n) is 4.60. The molecular formula is C12H26N2O4. The van der Waals surface area contributed by atoms with Crippen LogP contribution in [0.2, 0.25) is 0 Å². The topological polar surface area (TPSA) is 89.0 Å². The summed E-state index contributed by atoms with van der Waals surface area (Å²) < 4.78 is 20.4. The lowest BCUT2D eigenvalue weighted by Gasteiger charge is -2.26. The van der Waals surface area contributed by atoms with Crippen molar-refractivity contribution in [2.24, 2.45) is 11.5 Å². The van der Waals surface area contributed by atoms with Gasteiger partial charge in [0.25, 0.3) is 0 Å². The van der Waals surface area contributed by atoms with Gasteiger partial charge in [-0.05, 0) is 12.8 Å². The summed E-state index contributed by atoms with van der Waals surface area (Å²) in [5, 5.41) is 0. The minimum atomic E-state index is 0.110. The molecule has 6 nitrogen and oxygen atoms in total. The van der Waals surface area contributed by atoms with E-state index in [1.165, 1.54) is 0 Å². The molecule has 2 heterocycles. The summed E-state index contributed by atoms with van der Waals surface area (Å²) in [7, 11) is 3.33. The molecule has 108 valence electrons. The van der Waals surface area contributed by atoms with Crippen LogP contribution in [0.4, 0.5) is 0 Å². The van der Waals surface area contributed by atoms with Gasteiger partial charge in [-0.15, -0.1) is 0 Å². The molecule has 2 aliphatic rings. The Kier molecular flexibility index (Phi) is 7.73. The maximum absolute atomic E-state index is 5.68. The normalized spacial score (nSPS) is 36.7. The zero-order valence-corrected chi connectivity index (χ0v) is 11.3. The highest BCUT2D eigenvalue weighted by atomic mass is 16.5. The summed E-state index contributed by atoms with van der Waals surface area (Å²) >= 11 is 0. The monoisotopic (exact) mass is 262 g/mol. The smallest absolute Gasteiger partial charge is 0.0955 e. The van der Waals surface area contributed by atoms with Gasteiger partial charge in [-0.2, -0.15) is 0 Å². The van der Waals surface area contributed by atoms with E-state index in [9.17, 15) is 0 Å². The molecule has 0 bridgehead atoms. The molecule has 6 heteroatoms. The number of hydrogen-bond acceptors (Lipinski definition) is 6. The van der Waals surface area contributed by atoms with Crippen LogP contribution in [-0.2, 0) is 18.9 Å². The summed E-state index contributed by atoms with van der Waals surface area (Å²) in [5.41, 5.74) is 11.4. The summed E-state index contributed by atoms with van der Waals surface area (Å²) in [6.07, 6.45) is 2.05. The zero-order valence-electron chi connectivity index (χ0n) is 11.3. The first-order chi connectivity index (χ1) is 8.69. The third kappa shape index (κ3) is 5.17. The molecule has 0 amide bonds. The summed E-state index contributed by atoms with van der Waals surface area (Å²) in [4.78, 5) is 0. The molecule has 0 aromatic carbocycles. The van der Waals surface area contributed by atoms with Crippen molar-refractivity contribution in [1.29, 1.82) is 0 Å². The maximum Gasteiger partial charge on any atom is 0.0955 e. The predicted octanol–water partition coefficient (Wildman–Crippen LogP) is -0.502. The van der Waals surface area contributed by atoms with Gasteiger partial charge in [0.2, 0.25) is 0 Å². The molecule has 4 atom stereocenters. The molecule has 0 spiro atoms. The minimum Gasteiger partial charge on any atom is -0.379 e. The molecule has 0 radical (unpaired) electrons. The molecule has 0 unspecified atom stereocenters. The second-order valence-corrected chi connectivity index (χ2v) is 4.60. The summed E-state index contributed by atoms with van der Waals surface area (Å²) in [6.45, 7) is 2.86. The van der Waals surface area contributed by atoms with Gasteiger partial charge in [-0.3, -0.25) is 0 Å². The first-order valence-corrected chi connectivity index (χ1v) is 6.41. The highest BCUT2D eigenvalue weighted by Gasteiger charge is 2.21. The largest absolute Gasteiger partial charge is 0.379 e. The van der Waals surface area contributed by atoms with Gasteiger partial charge < -0.3 is 30.4 Å². The molecule has 2 aliphatic heterocycles. The average Bonchev–Trinajstić information content (AvgIpc) is 2.41. The summed E-state index contributed by atoms with van der Waals surface area (Å²) in [6, 6.07) is 0.340. The van der Waals surface area contributed by atoms with Gasteiger partial charge in [-0.25, -0.2) is 0 Å². The van der Waals surface area contributed by atoms with E-state index >= 15 is 0 Å². The van der Waals surface area contributed by atoms with Crippen LogP contribution in [-0.4, -0.2) is 64.9 Å². The number of nitrogens with two attached hydrogens (primary N) is 2. The molecule has 4 N–H and O–H groups in total. The zero-order chi connectivity index (χ0) is 13.4. The Labute approximate surface area is 109 Å². The van der Waals surface area contributed by atoms with Crippen LogP contribution in [0, 0.1) is 0 Å². The fraction of sp³-hybridized carbons (Fsp3) is 1.00. The SMILES string of the molecule is CO[C@@H]1COCC[C@H]1N.CO[C@H]1COCC[C@@H]1N. The van der Waals surface area contributed by atoms with Crippen molar-refractivity contribution in [3.63, 3.8) is 0 Å². The van der Waals surface area contributed by atoms with Gasteiger partial charge >= 0.3 is 0 Å². The van der Waals surface area contributed by atoms with Gasteiger partial charge in [0.15, 0.2) is 0 Å². The van der Waals surface area contributed by atoms with Crippen molar-refractivity contribution in [3.05, 3.63) is 0 Å². The third-order valence-corrected chi connectivity index (χ3v) is 3.32. The standard InChI is InChI=1S/2C6H13NO2/c2*1-8-6-4-9-3-2-5(6)7/h2*5-6H,2-4,7H2,1H3/t2*5-,6-/m10/s1. The first kappa shape index (κ1) is 15.8. The Balaban J connectivity index is 0.000000180. The van der Waals surface area contributed by atoms with Crippen LogP contribution in [0.1, 0.15) is 12.8 Å². The molecule has 2 saturated heterocycles. The predicted molar refractivity (Wildman–Crippen MR) is 68.4 cm³/mol. The maximum atomic E-state index is 5.68. The lowest BCUT2D eigenvalue weighted by Crippen LogP contribution is -2.43. The molecule has 0 aromatic rings. The summed E-state index contributed by atoms with van der Waals surface area (Å²) in [5.74, 6) is 0. The molecule has 2 fully saturated rings. The molecular weight excluding hydrogens is 236 g/mol. The number of ether oxygens (including phenoxy) is 4. The minimum absolute atomic E-state index is 0.110. The number of hydrogen-bond donors (Lipinski definition) is 2. The van der Waals surface area contributed by atoms with Gasteiger partial charge in [-0.1, -0.05) is 0 Å². The van der Waals surface area contributed by atoms with E-state index in [0.29, 0.717) is 13.2 Å². The number of methoxy groups -OCH3 is 2. The average molecular weight is 262 g/mol. The lowest BCUT2D eigenvalue weighted by molar-refractivity contribution is -0.0411. The second kappa shape index (κ2) is 8.79. The lowest BCUT2D eigenvalue weighted by atomic mass is 10.1. The Morgan fingerprint density at radius 1 is 0.833 bits per heavy atom.